The van der Waals surface area contributed by atoms with Gasteiger partial charge in [-0.3, -0.25) is 14.2 Å². The zero-order chi connectivity index (χ0) is 19.0. The molecule has 136 valence electrons. The molecule has 7 nitrogen and oxygen atoms in total. The molecule has 0 spiro atoms. The fourth-order valence-corrected chi connectivity index (χ4v) is 2.99. The van der Waals surface area contributed by atoms with E-state index in [2.05, 4.69) is 10.3 Å². The number of furan rings is 1. The van der Waals surface area contributed by atoms with Crippen molar-refractivity contribution in [1.29, 1.82) is 0 Å². The molecule has 2 heterocycles. The molecule has 4 aromatic rings. The molecule has 0 fully saturated rings. The van der Waals surface area contributed by atoms with Crippen LogP contribution in [0.25, 0.3) is 22.1 Å². The molecule has 2 aromatic carbocycles. The molecule has 0 aliphatic heterocycles. The van der Waals surface area contributed by atoms with Crippen molar-refractivity contribution in [3.63, 3.8) is 0 Å². The third-order valence-corrected chi connectivity index (χ3v) is 4.29. The number of hydrogen-bond acceptors (Lipinski definition) is 5. The Morgan fingerprint density at radius 1 is 1.26 bits per heavy atom. The van der Waals surface area contributed by atoms with Gasteiger partial charge in [-0.2, -0.15) is 0 Å². The Balaban J connectivity index is 1.64. The Bertz CT molecular complexity index is 1220. The Hall–Kier alpha value is -3.61. The summed E-state index contributed by atoms with van der Waals surface area (Å²) >= 11 is 0. The van der Waals surface area contributed by atoms with E-state index in [-0.39, 0.29) is 18.0 Å². The first-order valence-corrected chi connectivity index (χ1v) is 8.38. The highest BCUT2D eigenvalue weighted by atomic mass is 16.5. The van der Waals surface area contributed by atoms with Gasteiger partial charge < -0.3 is 14.5 Å². The van der Waals surface area contributed by atoms with Gasteiger partial charge >= 0.3 is 0 Å². The number of amides is 1. The summed E-state index contributed by atoms with van der Waals surface area (Å²) in [7, 11) is 1.53. The van der Waals surface area contributed by atoms with E-state index in [1.54, 1.807) is 18.2 Å². The van der Waals surface area contributed by atoms with Crippen molar-refractivity contribution in [3.8, 4) is 5.75 Å². The van der Waals surface area contributed by atoms with Gasteiger partial charge in [-0.1, -0.05) is 18.2 Å². The van der Waals surface area contributed by atoms with Crippen LogP contribution >= 0.6 is 0 Å². The number of nitrogens with zero attached hydrogens (tertiary/aromatic N) is 2. The third-order valence-electron chi connectivity index (χ3n) is 4.29. The van der Waals surface area contributed by atoms with Gasteiger partial charge in [-0.05, 0) is 36.8 Å². The van der Waals surface area contributed by atoms with Crippen molar-refractivity contribution in [3.05, 3.63) is 64.7 Å². The van der Waals surface area contributed by atoms with Crippen molar-refractivity contribution in [2.45, 2.75) is 13.5 Å². The quantitative estimate of drug-likeness (QED) is 0.602. The van der Waals surface area contributed by atoms with E-state index in [1.807, 2.05) is 31.2 Å². The summed E-state index contributed by atoms with van der Waals surface area (Å²) in [4.78, 5) is 29.4. The summed E-state index contributed by atoms with van der Waals surface area (Å²) in [6.45, 7) is 1.73. The van der Waals surface area contributed by atoms with E-state index >= 15 is 0 Å². The summed E-state index contributed by atoms with van der Waals surface area (Å²) in [6.07, 6.45) is 1.36. The van der Waals surface area contributed by atoms with Crippen LogP contribution in [0.15, 0.2) is 58.0 Å². The van der Waals surface area contributed by atoms with E-state index < -0.39 is 5.56 Å². The standard InChI is InChI=1S/C20H17N3O4/c1-12-7-8-16(26-2)14(9-12)22-17(24)10-23-11-21-18-13-5-3-4-6-15(13)27-19(18)20(23)25/h3-9,11H,10H2,1-2H3,(H,22,24). The Labute approximate surface area is 154 Å². The van der Waals surface area contributed by atoms with Crippen molar-refractivity contribution in [1.82, 2.24) is 9.55 Å². The topological polar surface area (TPSA) is 86.4 Å². The van der Waals surface area contributed by atoms with Gasteiger partial charge in [0.25, 0.3) is 5.56 Å². The highest BCUT2D eigenvalue weighted by Gasteiger charge is 2.15. The van der Waals surface area contributed by atoms with Crippen molar-refractivity contribution in [2.24, 2.45) is 0 Å². The van der Waals surface area contributed by atoms with Crippen LogP contribution in [0.1, 0.15) is 5.56 Å². The molecule has 27 heavy (non-hydrogen) atoms. The number of aryl methyl sites for hydroxylation is 1. The second-order valence-electron chi connectivity index (χ2n) is 6.21. The first-order valence-electron chi connectivity index (χ1n) is 8.38. The third kappa shape index (κ3) is 3.03. The minimum absolute atomic E-state index is 0.139. The largest absolute Gasteiger partial charge is 0.495 e. The Kier molecular flexibility index (Phi) is 4.12. The average Bonchev–Trinajstić information content (AvgIpc) is 3.04. The van der Waals surface area contributed by atoms with E-state index in [4.69, 9.17) is 9.15 Å². The molecule has 0 radical (unpaired) electrons. The molecular weight excluding hydrogens is 346 g/mol. The fourth-order valence-electron chi connectivity index (χ4n) is 2.99. The van der Waals surface area contributed by atoms with Crippen molar-refractivity contribution >= 4 is 33.7 Å². The molecule has 4 rings (SSSR count). The van der Waals surface area contributed by atoms with Crippen LogP contribution in [-0.2, 0) is 11.3 Å². The summed E-state index contributed by atoms with van der Waals surface area (Å²) in [5, 5.41) is 3.54. The van der Waals surface area contributed by atoms with Gasteiger partial charge in [0, 0.05) is 5.39 Å². The van der Waals surface area contributed by atoms with Gasteiger partial charge in [0.1, 0.15) is 23.4 Å². The van der Waals surface area contributed by atoms with Gasteiger partial charge in [-0.25, -0.2) is 4.98 Å². The van der Waals surface area contributed by atoms with E-state index in [0.29, 0.717) is 22.5 Å². The Morgan fingerprint density at radius 3 is 2.89 bits per heavy atom. The van der Waals surface area contributed by atoms with Gasteiger partial charge in [0.2, 0.25) is 11.5 Å². The number of fused-ring (bicyclic) bond motifs is 3. The molecule has 0 bridgehead atoms. The molecule has 7 heteroatoms. The van der Waals surface area contributed by atoms with Crippen LogP contribution < -0.4 is 15.6 Å². The highest BCUT2D eigenvalue weighted by Crippen LogP contribution is 2.26. The molecule has 0 aliphatic rings. The first kappa shape index (κ1) is 16.8. The smallest absolute Gasteiger partial charge is 0.297 e. The second kappa shape index (κ2) is 6.60. The lowest BCUT2D eigenvalue weighted by molar-refractivity contribution is -0.116. The zero-order valence-electron chi connectivity index (χ0n) is 14.9. The van der Waals surface area contributed by atoms with E-state index in [9.17, 15) is 9.59 Å². The number of rotatable bonds is 4. The van der Waals surface area contributed by atoms with E-state index in [1.165, 1.54) is 18.0 Å². The summed E-state index contributed by atoms with van der Waals surface area (Å²) in [6, 6.07) is 12.8. The van der Waals surface area contributed by atoms with Crippen LogP contribution in [-0.4, -0.2) is 22.6 Å². The number of aromatic nitrogens is 2. The summed E-state index contributed by atoms with van der Waals surface area (Å²) < 4.78 is 12.1. The number of methoxy groups -OCH3 is 1. The molecule has 2 aromatic heterocycles. The molecule has 1 N–H and O–H groups in total. The first-order chi connectivity index (χ1) is 13.1. The van der Waals surface area contributed by atoms with Crippen LogP contribution in [0.5, 0.6) is 5.75 Å². The molecule has 0 aliphatic carbocycles. The minimum Gasteiger partial charge on any atom is -0.495 e. The number of benzene rings is 2. The van der Waals surface area contributed by atoms with E-state index in [0.717, 1.165) is 10.9 Å². The van der Waals surface area contributed by atoms with Gasteiger partial charge in [-0.15, -0.1) is 0 Å². The summed E-state index contributed by atoms with van der Waals surface area (Å²) in [5.74, 6) is 0.186. The second-order valence-corrected chi connectivity index (χ2v) is 6.21. The molecule has 0 atom stereocenters. The molecular formula is C20H17N3O4. The number of anilines is 1. The lowest BCUT2D eigenvalue weighted by atomic mass is 10.2. The summed E-state index contributed by atoms with van der Waals surface area (Å²) in [5.41, 5.74) is 2.35. The number of carbonyl (C=O) groups excluding carboxylic acids is 1. The predicted octanol–water partition coefficient (Wildman–Crippen LogP) is 3.10. The van der Waals surface area contributed by atoms with Crippen LogP contribution in [0, 0.1) is 6.92 Å². The number of ether oxygens (including phenoxy) is 1. The normalized spacial score (nSPS) is 11.0. The number of hydrogen-bond donors (Lipinski definition) is 1. The van der Waals surface area contributed by atoms with Crippen molar-refractivity contribution < 1.29 is 13.9 Å². The van der Waals surface area contributed by atoms with Crippen LogP contribution in [0.3, 0.4) is 0 Å². The monoisotopic (exact) mass is 363 g/mol. The van der Waals surface area contributed by atoms with Crippen LogP contribution in [0.2, 0.25) is 0 Å². The maximum Gasteiger partial charge on any atom is 0.297 e. The maximum atomic E-state index is 12.7. The molecule has 1 amide bonds. The van der Waals surface area contributed by atoms with Crippen molar-refractivity contribution in [2.75, 3.05) is 12.4 Å². The minimum atomic E-state index is -0.400. The molecule has 0 saturated carbocycles. The number of nitrogens with one attached hydrogen (secondary N) is 1. The lowest BCUT2D eigenvalue weighted by Gasteiger charge is -2.11. The number of carbonyl (C=O) groups is 1. The number of para-hydroxylation sites is 1. The van der Waals surface area contributed by atoms with Gasteiger partial charge in [0.15, 0.2) is 0 Å². The molecule has 0 unspecified atom stereocenters. The average molecular weight is 363 g/mol. The Morgan fingerprint density at radius 2 is 2.07 bits per heavy atom. The highest BCUT2D eigenvalue weighted by molar-refractivity contribution is 6.01. The zero-order valence-corrected chi connectivity index (χ0v) is 14.9. The maximum absolute atomic E-state index is 12.7. The van der Waals surface area contributed by atoms with Gasteiger partial charge in [0.05, 0.1) is 19.1 Å². The predicted molar refractivity (Wildman–Crippen MR) is 102 cm³/mol. The SMILES string of the molecule is COc1ccc(C)cc1NC(=O)Cn1cnc2c(oc3ccccc32)c1=O. The lowest BCUT2D eigenvalue weighted by Crippen LogP contribution is -2.27. The van der Waals surface area contributed by atoms with Crippen LogP contribution in [0.4, 0.5) is 5.69 Å². The fraction of sp³-hybridized carbons (Fsp3) is 0.150. The molecule has 0 saturated heterocycles.